The van der Waals surface area contributed by atoms with E-state index < -0.39 is 10.0 Å². The molecule has 0 radical (unpaired) electrons. The Bertz CT molecular complexity index is 1170. The molecule has 2 heterocycles. The highest BCUT2D eigenvalue weighted by molar-refractivity contribution is 7.92. The summed E-state index contributed by atoms with van der Waals surface area (Å²) in [5.74, 6) is -0.151. The third-order valence-electron chi connectivity index (χ3n) is 5.20. The van der Waals surface area contributed by atoms with Crippen molar-refractivity contribution < 1.29 is 13.2 Å². The van der Waals surface area contributed by atoms with E-state index in [0.717, 1.165) is 12.0 Å². The van der Waals surface area contributed by atoms with Gasteiger partial charge in [0.05, 0.1) is 10.9 Å². The first-order valence-electron chi connectivity index (χ1n) is 9.42. The van der Waals surface area contributed by atoms with Gasteiger partial charge >= 0.3 is 0 Å². The highest BCUT2D eigenvalue weighted by Gasteiger charge is 2.29. The van der Waals surface area contributed by atoms with E-state index >= 15 is 0 Å². The van der Waals surface area contributed by atoms with Crippen molar-refractivity contribution in [3.63, 3.8) is 0 Å². The summed E-state index contributed by atoms with van der Waals surface area (Å²) in [6, 6.07) is 15.4. The molecule has 0 unspecified atom stereocenters. The van der Waals surface area contributed by atoms with Crippen molar-refractivity contribution in [3.05, 3.63) is 81.5 Å². The van der Waals surface area contributed by atoms with Crippen LogP contribution in [0.3, 0.4) is 0 Å². The number of rotatable bonds is 4. The number of fused-ring (bicyclic) bond motifs is 1. The van der Waals surface area contributed by atoms with Gasteiger partial charge in [-0.05, 0) is 73.2 Å². The van der Waals surface area contributed by atoms with Crippen LogP contribution in [0.25, 0.3) is 0 Å². The second-order valence-electron chi connectivity index (χ2n) is 7.23. The topological polar surface area (TPSA) is 66.5 Å². The summed E-state index contributed by atoms with van der Waals surface area (Å²) < 4.78 is 28.2. The van der Waals surface area contributed by atoms with E-state index in [1.54, 1.807) is 41.7 Å². The summed E-state index contributed by atoms with van der Waals surface area (Å²) >= 11 is 1.72. The molecule has 0 spiro atoms. The summed E-state index contributed by atoms with van der Waals surface area (Å²) in [5, 5.41) is 2.05. The fraction of sp³-hybridized carbons (Fsp3) is 0.227. The van der Waals surface area contributed by atoms with Crippen LogP contribution in [0.1, 0.15) is 39.3 Å². The lowest BCUT2D eigenvalue weighted by Crippen LogP contribution is -2.38. The van der Waals surface area contributed by atoms with Crippen LogP contribution in [-0.4, -0.2) is 25.8 Å². The van der Waals surface area contributed by atoms with Gasteiger partial charge in [-0.2, -0.15) is 0 Å². The van der Waals surface area contributed by atoms with Gasteiger partial charge in [-0.3, -0.25) is 9.52 Å². The molecule has 0 fully saturated rings. The maximum atomic E-state index is 13.1. The summed E-state index contributed by atoms with van der Waals surface area (Å²) in [6.45, 7) is 4.55. The van der Waals surface area contributed by atoms with E-state index in [1.807, 2.05) is 24.8 Å². The molecule has 1 amide bonds. The van der Waals surface area contributed by atoms with Gasteiger partial charge in [0.25, 0.3) is 15.9 Å². The number of nitrogens with one attached hydrogen (secondary N) is 1. The van der Waals surface area contributed by atoms with Crippen LogP contribution >= 0.6 is 11.3 Å². The molecule has 0 aliphatic carbocycles. The first-order chi connectivity index (χ1) is 13.8. The predicted octanol–water partition coefficient (Wildman–Crippen LogP) is 4.62. The van der Waals surface area contributed by atoms with Gasteiger partial charge < -0.3 is 4.90 Å². The van der Waals surface area contributed by atoms with E-state index in [2.05, 4.69) is 16.2 Å². The van der Waals surface area contributed by atoms with Crippen molar-refractivity contribution >= 4 is 33.0 Å². The van der Waals surface area contributed by atoms with Gasteiger partial charge in [0.1, 0.15) is 0 Å². The smallest absolute Gasteiger partial charge is 0.261 e. The lowest BCUT2D eigenvalue weighted by molar-refractivity contribution is 0.0679. The van der Waals surface area contributed by atoms with Crippen LogP contribution < -0.4 is 4.72 Å². The maximum Gasteiger partial charge on any atom is 0.261 e. The zero-order valence-corrected chi connectivity index (χ0v) is 17.9. The molecule has 2 aromatic carbocycles. The Kier molecular flexibility index (Phi) is 5.19. The average molecular weight is 427 g/mol. The first kappa shape index (κ1) is 19.7. The Labute approximate surface area is 175 Å². The van der Waals surface area contributed by atoms with Gasteiger partial charge in [0.15, 0.2) is 0 Å². The van der Waals surface area contributed by atoms with E-state index in [-0.39, 0.29) is 16.8 Å². The van der Waals surface area contributed by atoms with Crippen molar-refractivity contribution in [3.8, 4) is 0 Å². The van der Waals surface area contributed by atoms with Gasteiger partial charge in [0.2, 0.25) is 0 Å². The number of hydrogen-bond acceptors (Lipinski definition) is 4. The van der Waals surface area contributed by atoms with Crippen LogP contribution in [0, 0.1) is 6.92 Å². The Morgan fingerprint density at radius 3 is 2.72 bits per heavy atom. The van der Waals surface area contributed by atoms with Gasteiger partial charge in [0, 0.05) is 22.7 Å². The standard InChI is InChI=1S/C22H22N2O3S2/c1-15-5-3-7-18(13-15)23-29(26,27)19-8-4-6-17(14-19)22(25)24-11-9-21-20(16(24)2)10-12-28-21/h3-8,10,12-14,16,23H,9,11H2,1-2H3/t16-/m1/s1. The Hall–Kier alpha value is -2.64. The Balaban J connectivity index is 1.59. The van der Waals surface area contributed by atoms with Crippen molar-refractivity contribution in [2.75, 3.05) is 11.3 Å². The third kappa shape index (κ3) is 3.93. The molecule has 4 rings (SSSR count). The number of aryl methyl sites for hydroxylation is 1. The molecular weight excluding hydrogens is 404 g/mol. The second-order valence-corrected chi connectivity index (χ2v) is 9.91. The summed E-state index contributed by atoms with van der Waals surface area (Å²) in [7, 11) is -3.79. The van der Waals surface area contributed by atoms with Crippen LogP contribution in [-0.2, 0) is 16.4 Å². The van der Waals surface area contributed by atoms with Crippen LogP contribution in [0.5, 0.6) is 0 Å². The molecule has 7 heteroatoms. The minimum atomic E-state index is -3.79. The number of hydrogen-bond donors (Lipinski definition) is 1. The van der Waals surface area contributed by atoms with Gasteiger partial charge in [-0.1, -0.05) is 18.2 Å². The minimum Gasteiger partial charge on any atom is -0.331 e. The van der Waals surface area contributed by atoms with E-state index in [9.17, 15) is 13.2 Å². The van der Waals surface area contributed by atoms with Crippen LogP contribution in [0.15, 0.2) is 64.9 Å². The Morgan fingerprint density at radius 1 is 1.14 bits per heavy atom. The number of benzene rings is 2. The molecule has 1 atom stereocenters. The zero-order chi connectivity index (χ0) is 20.6. The zero-order valence-electron chi connectivity index (χ0n) is 16.3. The lowest BCUT2D eigenvalue weighted by Gasteiger charge is -2.33. The van der Waals surface area contributed by atoms with E-state index in [1.165, 1.54) is 22.6 Å². The number of nitrogens with zero attached hydrogens (tertiary/aromatic N) is 1. The predicted molar refractivity (Wildman–Crippen MR) is 116 cm³/mol. The summed E-state index contributed by atoms with van der Waals surface area (Å²) in [4.78, 5) is 16.3. The molecule has 0 saturated heterocycles. The summed E-state index contributed by atoms with van der Waals surface area (Å²) in [6.07, 6.45) is 0.829. The average Bonchev–Trinajstić information content (AvgIpc) is 3.17. The van der Waals surface area contributed by atoms with Crippen molar-refractivity contribution in [2.24, 2.45) is 0 Å². The molecule has 5 nitrogen and oxygen atoms in total. The third-order valence-corrected chi connectivity index (χ3v) is 7.58. The van der Waals surface area contributed by atoms with Gasteiger partial charge in [-0.25, -0.2) is 8.42 Å². The van der Waals surface area contributed by atoms with Crippen LogP contribution in [0.4, 0.5) is 5.69 Å². The number of carbonyl (C=O) groups is 1. The van der Waals surface area contributed by atoms with Crippen molar-refractivity contribution in [1.29, 1.82) is 0 Å². The molecule has 29 heavy (non-hydrogen) atoms. The SMILES string of the molecule is Cc1cccc(NS(=O)(=O)c2cccc(C(=O)N3CCc4sccc4[C@H]3C)c2)c1. The van der Waals surface area contributed by atoms with E-state index in [4.69, 9.17) is 0 Å². The molecule has 1 N–H and O–H groups in total. The monoisotopic (exact) mass is 426 g/mol. The largest absolute Gasteiger partial charge is 0.331 e. The van der Waals surface area contributed by atoms with Crippen LogP contribution in [0.2, 0.25) is 0 Å². The van der Waals surface area contributed by atoms with E-state index in [0.29, 0.717) is 17.8 Å². The fourth-order valence-corrected chi connectivity index (χ4v) is 5.73. The molecule has 0 saturated carbocycles. The quantitative estimate of drug-likeness (QED) is 0.662. The van der Waals surface area contributed by atoms with Crippen molar-refractivity contribution in [2.45, 2.75) is 31.2 Å². The molecule has 0 bridgehead atoms. The lowest BCUT2D eigenvalue weighted by atomic mass is 10.0. The Morgan fingerprint density at radius 2 is 1.93 bits per heavy atom. The minimum absolute atomic E-state index is 0.0248. The number of amides is 1. The first-order valence-corrected chi connectivity index (χ1v) is 11.8. The molecule has 1 aliphatic heterocycles. The highest BCUT2D eigenvalue weighted by Crippen LogP contribution is 2.33. The number of anilines is 1. The summed E-state index contributed by atoms with van der Waals surface area (Å²) in [5.41, 5.74) is 3.01. The molecule has 3 aromatic rings. The van der Waals surface area contributed by atoms with Crippen molar-refractivity contribution in [1.82, 2.24) is 4.90 Å². The number of thiophene rings is 1. The fourth-order valence-electron chi connectivity index (χ4n) is 3.67. The highest BCUT2D eigenvalue weighted by atomic mass is 32.2. The molecule has 150 valence electrons. The molecular formula is C22H22N2O3S2. The number of carbonyl (C=O) groups excluding carboxylic acids is 1. The normalized spacial score (nSPS) is 16.3. The second kappa shape index (κ2) is 7.65. The molecule has 1 aliphatic rings. The number of sulfonamides is 1. The molecule has 1 aromatic heterocycles. The van der Waals surface area contributed by atoms with Gasteiger partial charge in [-0.15, -0.1) is 11.3 Å². The maximum absolute atomic E-state index is 13.1.